The Morgan fingerprint density at radius 1 is 0.952 bits per heavy atom. The third-order valence-electron chi connectivity index (χ3n) is 4.29. The van der Waals surface area contributed by atoms with Gasteiger partial charge in [-0.2, -0.15) is 0 Å². The largest absolute Gasteiger partial charge is 0.323 e. The molecular weight excluding hydrogens is 260 g/mol. The number of benzene rings is 2. The highest BCUT2D eigenvalue weighted by molar-refractivity contribution is 5.78. The van der Waals surface area contributed by atoms with E-state index < -0.39 is 0 Å². The smallest absolute Gasteiger partial charge is 0.320 e. The number of carbonyl (C=O) groups is 1. The fourth-order valence-corrected chi connectivity index (χ4v) is 3.02. The predicted molar refractivity (Wildman–Crippen MR) is 83.8 cm³/mol. The monoisotopic (exact) mass is 280 g/mol. The van der Waals surface area contributed by atoms with E-state index in [-0.39, 0.29) is 18.1 Å². The van der Waals surface area contributed by atoms with E-state index in [1.165, 1.54) is 5.56 Å². The summed E-state index contributed by atoms with van der Waals surface area (Å²) in [6.45, 7) is 2.76. The molecule has 0 aliphatic carbocycles. The van der Waals surface area contributed by atoms with Gasteiger partial charge in [0.1, 0.15) is 0 Å². The van der Waals surface area contributed by atoms with Gasteiger partial charge in [-0.1, -0.05) is 60.7 Å². The lowest BCUT2D eigenvalue weighted by Crippen LogP contribution is -2.30. The molecule has 2 aromatic carbocycles. The summed E-state index contributed by atoms with van der Waals surface area (Å²) in [6, 6.07) is 20.8. The second-order valence-corrected chi connectivity index (χ2v) is 5.60. The lowest BCUT2D eigenvalue weighted by atomic mass is 10.00. The van der Waals surface area contributed by atoms with Crippen LogP contribution in [0.3, 0.4) is 0 Å². The van der Waals surface area contributed by atoms with Crippen LogP contribution in [-0.4, -0.2) is 28.9 Å². The van der Waals surface area contributed by atoms with Crippen molar-refractivity contribution in [2.75, 3.05) is 7.05 Å². The molecule has 0 N–H and O–H groups in total. The summed E-state index contributed by atoms with van der Waals surface area (Å²) in [4.78, 5) is 16.4. The average Bonchev–Trinajstić information content (AvgIpc) is 2.74. The molecule has 1 fully saturated rings. The SMILES string of the molecule is C[C@@H]1[C@H](c2ccccc2)N(Cc2ccccc2)C(=O)N1C. The quantitative estimate of drug-likeness (QED) is 0.841. The summed E-state index contributed by atoms with van der Waals surface area (Å²) in [5.41, 5.74) is 2.35. The van der Waals surface area contributed by atoms with Gasteiger partial charge in [-0.25, -0.2) is 4.79 Å². The highest BCUT2D eigenvalue weighted by Crippen LogP contribution is 2.35. The zero-order valence-corrected chi connectivity index (χ0v) is 12.4. The summed E-state index contributed by atoms with van der Waals surface area (Å²) in [5, 5.41) is 0. The number of carbonyl (C=O) groups excluding carboxylic acids is 1. The molecule has 0 saturated carbocycles. The molecule has 2 amide bonds. The molecule has 108 valence electrons. The van der Waals surface area contributed by atoms with E-state index in [0.29, 0.717) is 6.54 Å². The molecule has 1 aliphatic heterocycles. The van der Waals surface area contributed by atoms with Gasteiger partial charge < -0.3 is 9.80 Å². The minimum absolute atomic E-state index is 0.0974. The van der Waals surface area contributed by atoms with Crippen molar-refractivity contribution in [3.05, 3.63) is 71.8 Å². The molecule has 2 atom stereocenters. The number of nitrogens with zero attached hydrogens (tertiary/aromatic N) is 2. The van der Waals surface area contributed by atoms with Crippen molar-refractivity contribution in [2.24, 2.45) is 0 Å². The summed E-state index contributed by atoms with van der Waals surface area (Å²) in [6.07, 6.45) is 0. The Labute approximate surface area is 125 Å². The minimum atomic E-state index is 0.0974. The van der Waals surface area contributed by atoms with Gasteiger partial charge in [0, 0.05) is 13.6 Å². The third kappa shape index (κ3) is 2.51. The van der Waals surface area contributed by atoms with Crippen molar-refractivity contribution < 1.29 is 4.79 Å². The molecule has 0 radical (unpaired) electrons. The van der Waals surface area contributed by atoms with Crippen LogP contribution in [-0.2, 0) is 6.54 Å². The Morgan fingerprint density at radius 2 is 1.52 bits per heavy atom. The van der Waals surface area contributed by atoms with Crippen molar-refractivity contribution in [3.63, 3.8) is 0 Å². The lowest BCUT2D eigenvalue weighted by Gasteiger charge is -2.25. The second-order valence-electron chi connectivity index (χ2n) is 5.60. The van der Waals surface area contributed by atoms with Crippen molar-refractivity contribution in [2.45, 2.75) is 25.6 Å². The van der Waals surface area contributed by atoms with Gasteiger partial charge >= 0.3 is 6.03 Å². The molecular formula is C18H20N2O. The first-order valence-corrected chi connectivity index (χ1v) is 7.31. The fourth-order valence-electron chi connectivity index (χ4n) is 3.02. The Morgan fingerprint density at radius 3 is 2.14 bits per heavy atom. The number of hydrogen-bond donors (Lipinski definition) is 0. The maximum atomic E-state index is 12.6. The van der Waals surface area contributed by atoms with Crippen LogP contribution in [0.25, 0.3) is 0 Å². The van der Waals surface area contributed by atoms with Crippen molar-refractivity contribution in [1.29, 1.82) is 0 Å². The molecule has 1 saturated heterocycles. The van der Waals surface area contributed by atoms with Crippen LogP contribution in [0.15, 0.2) is 60.7 Å². The lowest BCUT2D eigenvalue weighted by molar-refractivity contribution is 0.188. The minimum Gasteiger partial charge on any atom is -0.323 e. The number of hydrogen-bond acceptors (Lipinski definition) is 1. The zero-order valence-electron chi connectivity index (χ0n) is 12.4. The van der Waals surface area contributed by atoms with Crippen LogP contribution in [0.2, 0.25) is 0 Å². The van der Waals surface area contributed by atoms with Crippen LogP contribution in [0.1, 0.15) is 24.1 Å². The molecule has 3 nitrogen and oxygen atoms in total. The Balaban J connectivity index is 1.93. The molecule has 0 bridgehead atoms. The Bertz CT molecular complexity index is 612. The highest BCUT2D eigenvalue weighted by atomic mass is 16.2. The molecule has 3 heteroatoms. The maximum absolute atomic E-state index is 12.6. The van der Waals surface area contributed by atoms with Gasteiger partial charge in [0.15, 0.2) is 0 Å². The average molecular weight is 280 g/mol. The number of likely N-dealkylation sites (N-methyl/N-ethyl adjacent to an activating group) is 1. The van der Waals surface area contributed by atoms with E-state index in [4.69, 9.17) is 0 Å². The first kappa shape index (κ1) is 13.7. The van der Waals surface area contributed by atoms with E-state index in [2.05, 4.69) is 31.2 Å². The van der Waals surface area contributed by atoms with E-state index in [9.17, 15) is 4.79 Å². The van der Waals surface area contributed by atoms with Gasteiger partial charge in [-0.3, -0.25) is 0 Å². The Hall–Kier alpha value is -2.29. The second kappa shape index (κ2) is 5.60. The van der Waals surface area contributed by atoms with Crippen molar-refractivity contribution in [3.8, 4) is 0 Å². The van der Waals surface area contributed by atoms with Crippen molar-refractivity contribution in [1.82, 2.24) is 9.80 Å². The van der Waals surface area contributed by atoms with Gasteiger partial charge in [0.2, 0.25) is 0 Å². The van der Waals surface area contributed by atoms with E-state index in [1.54, 1.807) is 0 Å². The fraction of sp³-hybridized carbons (Fsp3) is 0.278. The summed E-state index contributed by atoms with van der Waals surface area (Å²) >= 11 is 0. The third-order valence-corrected chi connectivity index (χ3v) is 4.29. The summed E-state index contributed by atoms with van der Waals surface area (Å²) in [5.74, 6) is 0. The molecule has 21 heavy (non-hydrogen) atoms. The Kier molecular flexibility index (Phi) is 3.65. The van der Waals surface area contributed by atoms with E-state index in [1.807, 2.05) is 53.2 Å². The number of rotatable bonds is 3. The zero-order chi connectivity index (χ0) is 14.8. The first-order valence-electron chi connectivity index (χ1n) is 7.31. The molecule has 0 unspecified atom stereocenters. The van der Waals surface area contributed by atoms with Crippen LogP contribution in [0, 0.1) is 0 Å². The van der Waals surface area contributed by atoms with Crippen LogP contribution < -0.4 is 0 Å². The van der Waals surface area contributed by atoms with Gasteiger partial charge in [0.05, 0.1) is 12.1 Å². The van der Waals surface area contributed by atoms with E-state index in [0.717, 1.165) is 5.56 Å². The molecule has 1 heterocycles. The first-order chi connectivity index (χ1) is 10.2. The standard InChI is InChI=1S/C18H20N2O/c1-14-17(16-11-7-4-8-12-16)20(18(21)19(14)2)13-15-9-5-3-6-10-15/h3-12,14,17H,13H2,1-2H3/t14-,17-/m1/s1. The molecule has 3 rings (SSSR count). The van der Waals surface area contributed by atoms with Crippen molar-refractivity contribution >= 4 is 6.03 Å². The molecule has 0 spiro atoms. The topological polar surface area (TPSA) is 23.6 Å². The van der Waals surface area contributed by atoms with Gasteiger partial charge in [-0.05, 0) is 18.1 Å². The number of urea groups is 1. The van der Waals surface area contributed by atoms with Crippen LogP contribution >= 0.6 is 0 Å². The molecule has 2 aromatic rings. The van der Waals surface area contributed by atoms with Gasteiger partial charge in [-0.15, -0.1) is 0 Å². The van der Waals surface area contributed by atoms with Gasteiger partial charge in [0.25, 0.3) is 0 Å². The highest BCUT2D eigenvalue weighted by Gasteiger charge is 2.41. The normalized spacial score (nSPS) is 21.9. The summed E-state index contributed by atoms with van der Waals surface area (Å²) < 4.78 is 0. The van der Waals surface area contributed by atoms with Crippen LogP contribution in [0.5, 0.6) is 0 Å². The van der Waals surface area contributed by atoms with Crippen LogP contribution in [0.4, 0.5) is 4.79 Å². The molecule has 1 aliphatic rings. The summed E-state index contributed by atoms with van der Waals surface area (Å²) in [7, 11) is 1.88. The maximum Gasteiger partial charge on any atom is 0.320 e. The van der Waals surface area contributed by atoms with E-state index >= 15 is 0 Å². The number of amides is 2. The molecule has 0 aromatic heterocycles. The predicted octanol–water partition coefficient (Wildman–Crippen LogP) is 3.68.